The number of nitrogens with zero attached hydrogens (tertiary/aromatic N) is 1. The van der Waals surface area contributed by atoms with Crippen molar-refractivity contribution in [2.45, 2.75) is 53.5 Å². The van der Waals surface area contributed by atoms with Crippen LogP contribution in [-0.4, -0.2) is 81.1 Å². The monoisotopic (exact) mass is 741 g/mol. The van der Waals surface area contributed by atoms with E-state index in [0.717, 1.165) is 16.8 Å². The molecule has 0 spiro atoms. The number of hydrogen-bond acceptors (Lipinski definition) is 4. The summed E-state index contributed by atoms with van der Waals surface area (Å²) in [4.78, 5) is 0. The molecule has 0 atom stereocenters. The molecule has 0 aliphatic carbocycles. The van der Waals surface area contributed by atoms with E-state index in [4.69, 9.17) is 4.74 Å². The van der Waals surface area contributed by atoms with Crippen molar-refractivity contribution in [3.05, 3.63) is 60.2 Å². The van der Waals surface area contributed by atoms with Crippen molar-refractivity contribution in [2.75, 3.05) is 21.2 Å². The molecule has 0 saturated heterocycles. The number of para-hydroxylation sites is 1. The molecule has 0 aliphatic heterocycles. The maximum Gasteiger partial charge on any atom is 0.460 e. The van der Waals surface area contributed by atoms with Gasteiger partial charge in [-0.05, 0) is 36.4 Å². The van der Waals surface area contributed by atoms with Crippen LogP contribution in [0.1, 0.15) is 5.56 Å². The van der Waals surface area contributed by atoms with Gasteiger partial charge in [-0.15, -0.1) is 0 Å². The van der Waals surface area contributed by atoms with E-state index < -0.39 is 57.1 Å². The summed E-state index contributed by atoms with van der Waals surface area (Å²) in [6.45, 7) is 0.966. The Morgan fingerprint density at radius 1 is 0.596 bits per heavy atom. The summed E-state index contributed by atoms with van der Waals surface area (Å²) in [5, 5.41) is -7.95. The highest BCUT2D eigenvalue weighted by Crippen LogP contribution is 2.64. The molecule has 0 aliphatic rings. The van der Waals surface area contributed by atoms with Crippen molar-refractivity contribution in [3.63, 3.8) is 0 Å². The van der Waals surface area contributed by atoms with E-state index in [1.165, 1.54) is 11.3 Å². The first-order chi connectivity index (χ1) is 20.6. The molecule has 0 amide bonds. The Morgan fingerprint density at radius 3 is 1.30 bits per heavy atom. The summed E-state index contributed by atoms with van der Waals surface area (Å²) in [7, 11) is -2.01. The first-order valence-corrected chi connectivity index (χ1v) is 13.2. The van der Waals surface area contributed by atoms with Crippen molar-refractivity contribution < 1.29 is 92.3 Å². The highest BCUT2D eigenvalue weighted by molar-refractivity contribution is 7.86. The molecule has 0 radical (unpaired) electrons. The van der Waals surface area contributed by atoms with E-state index in [1.54, 1.807) is 7.11 Å². The molecular formula is C24H20F17NO4S. The quantitative estimate of drug-likeness (QED) is 0.133. The summed E-state index contributed by atoms with van der Waals surface area (Å²) in [5.74, 6) is -51.2. The van der Waals surface area contributed by atoms with Crippen LogP contribution in [0.15, 0.2) is 54.6 Å². The highest BCUT2D eigenvalue weighted by atomic mass is 32.2. The molecule has 0 bridgehead atoms. The first-order valence-electron chi connectivity index (χ1n) is 11.8. The maximum atomic E-state index is 13.0. The minimum Gasteiger partial charge on any atom is -0.743 e. The van der Waals surface area contributed by atoms with Crippen LogP contribution in [0.25, 0.3) is 0 Å². The van der Waals surface area contributed by atoms with Gasteiger partial charge in [-0.3, -0.25) is 4.48 Å². The lowest BCUT2D eigenvalue weighted by Gasteiger charge is -2.42. The van der Waals surface area contributed by atoms with Gasteiger partial charge in [-0.2, -0.15) is 74.6 Å². The predicted octanol–water partition coefficient (Wildman–Crippen LogP) is 7.96. The predicted molar refractivity (Wildman–Crippen MR) is 127 cm³/mol. The summed E-state index contributed by atoms with van der Waals surface area (Å²) >= 11 is 0. The van der Waals surface area contributed by atoms with Crippen molar-refractivity contribution >= 4 is 15.8 Å². The first kappa shape index (κ1) is 41.9. The largest absolute Gasteiger partial charge is 0.743 e. The fourth-order valence-corrected chi connectivity index (χ4v) is 3.86. The van der Waals surface area contributed by atoms with Gasteiger partial charge >= 0.3 is 47.0 Å². The Labute approximate surface area is 253 Å². The second kappa shape index (κ2) is 12.7. The number of quaternary nitrogens is 1. The van der Waals surface area contributed by atoms with E-state index in [-0.39, 0.29) is 0 Å². The van der Waals surface area contributed by atoms with Crippen LogP contribution in [0.2, 0.25) is 0 Å². The fourth-order valence-electron chi connectivity index (χ4n) is 3.42. The van der Waals surface area contributed by atoms with E-state index >= 15 is 0 Å². The van der Waals surface area contributed by atoms with Crippen molar-refractivity contribution in [1.82, 2.24) is 4.48 Å². The van der Waals surface area contributed by atoms with Crippen LogP contribution in [0, 0.1) is 0 Å². The smallest absolute Gasteiger partial charge is 0.460 e. The molecule has 23 heteroatoms. The number of alkyl halides is 17. The molecule has 2 rings (SSSR count). The van der Waals surface area contributed by atoms with Crippen molar-refractivity contribution in [1.29, 1.82) is 0 Å². The van der Waals surface area contributed by atoms with Gasteiger partial charge in [0, 0.05) is 5.56 Å². The van der Waals surface area contributed by atoms with Crippen molar-refractivity contribution in [2.24, 2.45) is 0 Å². The summed E-state index contributed by atoms with van der Waals surface area (Å²) in [6.07, 6.45) is -7.89. The lowest BCUT2D eigenvalue weighted by Crippen LogP contribution is -2.75. The van der Waals surface area contributed by atoms with Crippen LogP contribution in [0.4, 0.5) is 80.3 Å². The third-order valence-corrected chi connectivity index (χ3v) is 7.08. The minimum absolute atomic E-state index is 0.840. The lowest BCUT2D eigenvalue weighted by molar-refractivity contribution is -0.458. The summed E-state index contributed by atoms with van der Waals surface area (Å²) in [6, 6.07) is 18.8. The van der Waals surface area contributed by atoms with Crippen LogP contribution >= 0.6 is 0 Å². The average molecular weight is 741 g/mol. The molecule has 0 aromatic heterocycles. The molecule has 2 aromatic rings. The minimum atomic E-state index is -8.92. The van der Waals surface area contributed by atoms with Gasteiger partial charge in [0.2, 0.25) is 0 Å². The number of ether oxygens (including phenoxy) is 1. The normalized spacial score (nSPS) is 14.7. The third kappa shape index (κ3) is 7.20. The van der Waals surface area contributed by atoms with Crippen LogP contribution < -0.4 is 9.22 Å². The van der Waals surface area contributed by atoms with Crippen LogP contribution in [-0.2, 0) is 16.7 Å². The van der Waals surface area contributed by atoms with Gasteiger partial charge < -0.3 is 9.29 Å². The summed E-state index contributed by atoms with van der Waals surface area (Å²) in [5.41, 5.74) is 2.62. The van der Waals surface area contributed by atoms with E-state index in [2.05, 4.69) is 56.6 Å². The van der Waals surface area contributed by atoms with E-state index in [0.29, 0.717) is 0 Å². The lowest BCUT2D eigenvalue weighted by atomic mass is 9.91. The van der Waals surface area contributed by atoms with Gasteiger partial charge in [0.15, 0.2) is 10.1 Å². The SMILES string of the molecule is COc1ccc(C[N+](C)(C)c2ccccc2)cc1.O=S(=O)([O-])C(F)(F)C(F)(F)C(F)(F)C(F)(F)C(F)(F)C(F)(F)C(F)(F)C(F)(F)F. The second-order valence-corrected chi connectivity index (χ2v) is 11.4. The van der Waals surface area contributed by atoms with Gasteiger partial charge in [0.05, 0.1) is 21.2 Å². The number of benzene rings is 2. The topological polar surface area (TPSA) is 66.4 Å². The zero-order chi connectivity index (χ0) is 37.5. The fraction of sp³-hybridized carbons (Fsp3) is 0.500. The summed E-state index contributed by atoms with van der Waals surface area (Å²) < 4.78 is 250. The number of rotatable bonds is 11. The molecule has 0 N–H and O–H groups in total. The molecule has 47 heavy (non-hydrogen) atoms. The Kier molecular flexibility index (Phi) is 11.4. The van der Waals surface area contributed by atoms with Crippen LogP contribution in [0.3, 0.4) is 0 Å². The zero-order valence-corrected chi connectivity index (χ0v) is 24.1. The van der Waals surface area contributed by atoms with E-state index in [1.807, 2.05) is 12.1 Å². The molecule has 270 valence electrons. The number of halogens is 17. The molecule has 5 nitrogen and oxygen atoms in total. The Morgan fingerprint density at radius 2 is 0.957 bits per heavy atom. The second-order valence-electron chi connectivity index (χ2n) is 9.94. The number of hydrogen-bond donors (Lipinski definition) is 0. The Hall–Kier alpha value is -3.08. The third-order valence-electron chi connectivity index (χ3n) is 6.20. The molecular weight excluding hydrogens is 721 g/mol. The van der Waals surface area contributed by atoms with Gasteiger partial charge in [-0.1, -0.05) is 18.2 Å². The van der Waals surface area contributed by atoms with Gasteiger partial charge in [0.25, 0.3) is 0 Å². The van der Waals surface area contributed by atoms with Gasteiger partial charge in [0.1, 0.15) is 18.0 Å². The van der Waals surface area contributed by atoms with Gasteiger partial charge in [-0.25, -0.2) is 8.42 Å². The standard InChI is InChI=1S/C16H20NO.C8HF17O3S/c1-17(2,15-7-5-4-6-8-15)13-14-9-11-16(18-3)12-10-14;9-1(10,3(13,14)5(17,18)7(21,22)23)2(11,12)4(15,16)6(19,20)8(24,25)29(26,27)28/h4-12H,13H2,1-3H3;(H,26,27,28)/q+1;/p-1. The molecule has 0 fully saturated rings. The molecule has 0 unspecified atom stereocenters. The zero-order valence-electron chi connectivity index (χ0n) is 23.3. The average Bonchev–Trinajstić information content (AvgIpc) is 2.92. The number of methoxy groups -OCH3 is 1. The molecule has 0 saturated carbocycles. The molecule has 2 aromatic carbocycles. The van der Waals surface area contributed by atoms with Crippen LogP contribution in [0.5, 0.6) is 5.75 Å². The van der Waals surface area contributed by atoms with Crippen molar-refractivity contribution in [3.8, 4) is 5.75 Å². The molecule has 0 heterocycles. The maximum absolute atomic E-state index is 13.0. The van der Waals surface area contributed by atoms with E-state index in [9.17, 15) is 87.6 Å². The Bertz CT molecular complexity index is 1460. The Balaban J connectivity index is 0.000000520. The highest BCUT2D eigenvalue weighted by Gasteiger charge is 2.95.